The SMILES string of the molecule is Cc1ccc2cc(C(N)C(=O)O)ccc2c1. The molecule has 3 nitrogen and oxygen atoms in total. The van der Waals surface area contributed by atoms with Gasteiger partial charge in [-0.3, -0.25) is 4.79 Å². The Morgan fingerprint density at radius 3 is 2.50 bits per heavy atom. The molecule has 3 heteroatoms. The molecule has 2 rings (SSSR count). The zero-order valence-electron chi connectivity index (χ0n) is 8.97. The van der Waals surface area contributed by atoms with Crippen LogP contribution in [0, 0.1) is 6.92 Å². The molecule has 1 unspecified atom stereocenters. The summed E-state index contributed by atoms with van der Waals surface area (Å²) in [6.45, 7) is 2.02. The van der Waals surface area contributed by atoms with Crippen molar-refractivity contribution >= 4 is 16.7 Å². The molecule has 0 aromatic heterocycles. The van der Waals surface area contributed by atoms with Gasteiger partial charge >= 0.3 is 5.97 Å². The van der Waals surface area contributed by atoms with Crippen LogP contribution in [0.25, 0.3) is 10.8 Å². The third kappa shape index (κ3) is 1.90. The van der Waals surface area contributed by atoms with E-state index < -0.39 is 12.0 Å². The fraction of sp³-hybridized carbons (Fsp3) is 0.154. The van der Waals surface area contributed by atoms with Gasteiger partial charge in [0.15, 0.2) is 0 Å². The van der Waals surface area contributed by atoms with Gasteiger partial charge in [0.25, 0.3) is 0 Å². The molecular weight excluding hydrogens is 202 g/mol. The van der Waals surface area contributed by atoms with Crippen molar-refractivity contribution in [1.29, 1.82) is 0 Å². The molecule has 0 fully saturated rings. The molecule has 0 heterocycles. The number of carboxylic acids is 1. The van der Waals surface area contributed by atoms with E-state index in [2.05, 4.69) is 6.07 Å². The highest BCUT2D eigenvalue weighted by molar-refractivity contribution is 5.85. The lowest BCUT2D eigenvalue weighted by atomic mass is 10.0. The Labute approximate surface area is 93.5 Å². The predicted molar refractivity (Wildman–Crippen MR) is 63.2 cm³/mol. The van der Waals surface area contributed by atoms with Gasteiger partial charge in [-0.15, -0.1) is 0 Å². The number of carbonyl (C=O) groups is 1. The normalized spacial score (nSPS) is 12.6. The lowest BCUT2D eigenvalue weighted by Crippen LogP contribution is -2.20. The van der Waals surface area contributed by atoms with Crippen molar-refractivity contribution in [1.82, 2.24) is 0 Å². The van der Waals surface area contributed by atoms with Crippen molar-refractivity contribution in [3.63, 3.8) is 0 Å². The third-order valence-electron chi connectivity index (χ3n) is 2.64. The molecule has 2 aromatic rings. The van der Waals surface area contributed by atoms with Crippen LogP contribution in [0.1, 0.15) is 17.2 Å². The minimum absolute atomic E-state index is 0.629. The Morgan fingerprint density at radius 1 is 1.19 bits per heavy atom. The van der Waals surface area contributed by atoms with Crippen molar-refractivity contribution in [2.75, 3.05) is 0 Å². The Balaban J connectivity index is 2.52. The summed E-state index contributed by atoms with van der Waals surface area (Å²) < 4.78 is 0. The van der Waals surface area contributed by atoms with Crippen LogP contribution in [0.5, 0.6) is 0 Å². The maximum Gasteiger partial charge on any atom is 0.325 e. The van der Waals surface area contributed by atoms with Crippen molar-refractivity contribution in [3.05, 3.63) is 47.5 Å². The number of carboxylic acid groups (broad SMARTS) is 1. The second-order valence-corrected chi connectivity index (χ2v) is 3.93. The molecule has 1 atom stereocenters. The molecule has 0 aliphatic rings. The molecule has 16 heavy (non-hydrogen) atoms. The van der Waals surface area contributed by atoms with Crippen LogP contribution in [0.4, 0.5) is 0 Å². The lowest BCUT2D eigenvalue weighted by molar-refractivity contribution is -0.138. The Morgan fingerprint density at radius 2 is 1.81 bits per heavy atom. The molecular formula is C13H13NO2. The van der Waals surface area contributed by atoms with E-state index in [4.69, 9.17) is 10.8 Å². The molecule has 0 bridgehead atoms. The Bertz CT molecular complexity index is 549. The predicted octanol–water partition coefficient (Wildman–Crippen LogP) is 2.23. The first kappa shape index (κ1) is 10.6. The van der Waals surface area contributed by atoms with E-state index in [-0.39, 0.29) is 0 Å². The minimum Gasteiger partial charge on any atom is -0.480 e. The van der Waals surface area contributed by atoms with Crippen molar-refractivity contribution < 1.29 is 9.90 Å². The molecule has 0 radical (unpaired) electrons. The zero-order chi connectivity index (χ0) is 11.7. The van der Waals surface area contributed by atoms with E-state index in [9.17, 15) is 4.79 Å². The summed E-state index contributed by atoms with van der Waals surface area (Å²) in [7, 11) is 0. The summed E-state index contributed by atoms with van der Waals surface area (Å²) >= 11 is 0. The average Bonchev–Trinajstić information content (AvgIpc) is 2.27. The molecule has 0 amide bonds. The number of rotatable bonds is 2. The van der Waals surface area contributed by atoms with E-state index in [1.165, 1.54) is 5.56 Å². The van der Waals surface area contributed by atoms with Crippen LogP contribution in [0.2, 0.25) is 0 Å². The summed E-state index contributed by atoms with van der Waals surface area (Å²) in [5.74, 6) is -1.01. The molecule has 3 N–H and O–H groups in total. The van der Waals surface area contributed by atoms with Crippen molar-refractivity contribution in [2.24, 2.45) is 5.73 Å². The second kappa shape index (κ2) is 3.94. The van der Waals surface area contributed by atoms with Crippen molar-refractivity contribution in [3.8, 4) is 0 Å². The fourth-order valence-electron chi connectivity index (χ4n) is 1.72. The lowest BCUT2D eigenvalue weighted by Gasteiger charge is -2.08. The van der Waals surface area contributed by atoms with E-state index in [0.717, 1.165) is 10.8 Å². The third-order valence-corrected chi connectivity index (χ3v) is 2.64. The van der Waals surface area contributed by atoms with Gasteiger partial charge in [0.1, 0.15) is 6.04 Å². The van der Waals surface area contributed by atoms with Gasteiger partial charge in [-0.05, 0) is 29.3 Å². The highest BCUT2D eigenvalue weighted by atomic mass is 16.4. The fourth-order valence-corrected chi connectivity index (χ4v) is 1.72. The number of hydrogen-bond donors (Lipinski definition) is 2. The van der Waals surface area contributed by atoms with Crippen LogP contribution < -0.4 is 5.73 Å². The molecule has 82 valence electrons. The minimum atomic E-state index is -1.01. The number of hydrogen-bond acceptors (Lipinski definition) is 2. The highest BCUT2D eigenvalue weighted by Crippen LogP contribution is 2.20. The van der Waals surface area contributed by atoms with Gasteiger partial charge in [0.05, 0.1) is 0 Å². The van der Waals surface area contributed by atoms with Gasteiger partial charge in [-0.25, -0.2) is 0 Å². The standard InChI is InChI=1S/C13H13NO2/c1-8-2-3-10-7-11(12(14)13(15)16)5-4-9(10)6-8/h2-7,12H,14H2,1H3,(H,15,16). The van der Waals surface area contributed by atoms with Crippen LogP contribution in [-0.4, -0.2) is 11.1 Å². The Kier molecular flexibility index (Phi) is 2.62. The van der Waals surface area contributed by atoms with Gasteiger partial charge in [-0.1, -0.05) is 35.9 Å². The Hall–Kier alpha value is -1.87. The van der Waals surface area contributed by atoms with E-state index in [1.54, 1.807) is 6.07 Å². The molecule has 0 aliphatic heterocycles. The molecule has 0 aliphatic carbocycles. The van der Waals surface area contributed by atoms with Crippen LogP contribution in [0.15, 0.2) is 36.4 Å². The van der Waals surface area contributed by atoms with E-state index in [0.29, 0.717) is 5.56 Å². The second-order valence-electron chi connectivity index (χ2n) is 3.93. The summed E-state index contributed by atoms with van der Waals surface area (Å²) in [6.07, 6.45) is 0. The van der Waals surface area contributed by atoms with Gasteiger partial charge in [0.2, 0.25) is 0 Å². The highest BCUT2D eigenvalue weighted by Gasteiger charge is 2.13. The van der Waals surface area contributed by atoms with Gasteiger partial charge < -0.3 is 10.8 Å². The molecule has 0 saturated heterocycles. The van der Waals surface area contributed by atoms with E-state index in [1.807, 2.05) is 31.2 Å². The zero-order valence-corrected chi connectivity index (χ0v) is 8.97. The van der Waals surface area contributed by atoms with Crippen LogP contribution in [0.3, 0.4) is 0 Å². The largest absolute Gasteiger partial charge is 0.480 e. The van der Waals surface area contributed by atoms with E-state index >= 15 is 0 Å². The summed E-state index contributed by atoms with van der Waals surface area (Å²) in [4.78, 5) is 10.8. The first-order chi connectivity index (χ1) is 7.58. The quantitative estimate of drug-likeness (QED) is 0.807. The first-order valence-electron chi connectivity index (χ1n) is 5.06. The monoisotopic (exact) mass is 215 g/mol. The maximum atomic E-state index is 10.8. The maximum absolute atomic E-state index is 10.8. The van der Waals surface area contributed by atoms with Crippen LogP contribution in [-0.2, 0) is 4.79 Å². The molecule has 0 spiro atoms. The summed E-state index contributed by atoms with van der Waals surface area (Å²) in [5, 5.41) is 10.9. The van der Waals surface area contributed by atoms with Crippen LogP contribution >= 0.6 is 0 Å². The molecule has 0 saturated carbocycles. The number of aliphatic carboxylic acids is 1. The number of benzene rings is 2. The number of nitrogens with two attached hydrogens (primary N) is 1. The number of aryl methyl sites for hydroxylation is 1. The van der Waals surface area contributed by atoms with Gasteiger partial charge in [0, 0.05) is 0 Å². The first-order valence-corrected chi connectivity index (χ1v) is 5.06. The number of fused-ring (bicyclic) bond motifs is 1. The smallest absolute Gasteiger partial charge is 0.325 e. The average molecular weight is 215 g/mol. The molecule has 2 aromatic carbocycles. The summed E-state index contributed by atoms with van der Waals surface area (Å²) in [6, 6.07) is 10.6. The summed E-state index contributed by atoms with van der Waals surface area (Å²) in [5.41, 5.74) is 7.37. The van der Waals surface area contributed by atoms with Gasteiger partial charge in [-0.2, -0.15) is 0 Å². The van der Waals surface area contributed by atoms with Crippen molar-refractivity contribution in [2.45, 2.75) is 13.0 Å². The topological polar surface area (TPSA) is 63.3 Å².